The zero-order chi connectivity index (χ0) is 13.1. The molecular formula is C11H19N3O3. The number of hydrogen-bond donors (Lipinski definition) is 3. The Hall–Kier alpha value is -1.56. The summed E-state index contributed by atoms with van der Waals surface area (Å²) in [5, 5.41) is 18.1. The molecule has 17 heavy (non-hydrogen) atoms. The van der Waals surface area contributed by atoms with Crippen molar-refractivity contribution >= 4 is 11.8 Å². The first kappa shape index (κ1) is 13.5. The summed E-state index contributed by atoms with van der Waals surface area (Å²) < 4.78 is 4.82. The van der Waals surface area contributed by atoms with Crippen molar-refractivity contribution in [3.8, 4) is 0 Å². The summed E-state index contributed by atoms with van der Waals surface area (Å²) in [5.74, 6) is 0.973. The number of nitrogens with one attached hydrogen (secondary N) is 2. The summed E-state index contributed by atoms with van der Waals surface area (Å²) in [4.78, 5) is 11.6. The molecule has 6 heteroatoms. The summed E-state index contributed by atoms with van der Waals surface area (Å²) in [5.41, 5.74) is -0.216. The van der Waals surface area contributed by atoms with Gasteiger partial charge >= 0.3 is 6.03 Å². The fraction of sp³-hybridized carbons (Fsp3) is 0.636. The Bertz CT molecular complexity index is 382. The molecule has 0 aliphatic heterocycles. The smallest absolute Gasteiger partial charge is 0.320 e. The summed E-state index contributed by atoms with van der Waals surface area (Å²) in [6.45, 7) is 7.44. The number of aliphatic hydroxyl groups is 1. The van der Waals surface area contributed by atoms with E-state index in [1.807, 2.05) is 20.8 Å². The van der Waals surface area contributed by atoms with Crippen molar-refractivity contribution in [3.63, 3.8) is 0 Å². The van der Waals surface area contributed by atoms with E-state index in [1.165, 1.54) is 0 Å². The van der Waals surface area contributed by atoms with Gasteiger partial charge in [0.15, 0.2) is 5.82 Å². The zero-order valence-electron chi connectivity index (χ0n) is 10.6. The average Bonchev–Trinajstić information content (AvgIpc) is 2.58. The van der Waals surface area contributed by atoms with Crippen LogP contribution in [0.25, 0.3) is 0 Å². The van der Waals surface area contributed by atoms with Crippen LogP contribution in [-0.2, 0) is 0 Å². The molecule has 0 spiro atoms. The predicted molar refractivity (Wildman–Crippen MR) is 63.7 cm³/mol. The fourth-order valence-electron chi connectivity index (χ4n) is 1.27. The molecule has 0 fully saturated rings. The number of aromatic nitrogens is 1. The first-order chi connectivity index (χ1) is 7.82. The van der Waals surface area contributed by atoms with Gasteiger partial charge in [-0.3, -0.25) is 5.32 Å². The highest BCUT2D eigenvalue weighted by atomic mass is 16.5. The average molecular weight is 241 g/mol. The lowest BCUT2D eigenvalue weighted by Crippen LogP contribution is -2.47. The molecular weight excluding hydrogens is 222 g/mol. The van der Waals surface area contributed by atoms with E-state index in [0.29, 0.717) is 11.6 Å². The van der Waals surface area contributed by atoms with Crippen LogP contribution in [0.1, 0.15) is 26.5 Å². The number of urea groups is 1. The fourth-order valence-corrected chi connectivity index (χ4v) is 1.27. The van der Waals surface area contributed by atoms with E-state index in [-0.39, 0.29) is 18.1 Å². The highest BCUT2D eigenvalue weighted by Gasteiger charge is 2.25. The zero-order valence-corrected chi connectivity index (χ0v) is 10.6. The van der Waals surface area contributed by atoms with E-state index in [0.717, 1.165) is 0 Å². The topological polar surface area (TPSA) is 87.4 Å². The lowest BCUT2D eigenvalue weighted by molar-refractivity contribution is 0.162. The lowest BCUT2D eigenvalue weighted by Gasteiger charge is -2.29. The van der Waals surface area contributed by atoms with E-state index in [4.69, 9.17) is 4.52 Å². The maximum Gasteiger partial charge on any atom is 0.320 e. The van der Waals surface area contributed by atoms with Gasteiger partial charge in [0.1, 0.15) is 5.76 Å². The second-order valence-corrected chi connectivity index (χ2v) is 5.02. The molecule has 3 N–H and O–H groups in total. The van der Waals surface area contributed by atoms with Crippen LogP contribution >= 0.6 is 0 Å². The highest BCUT2D eigenvalue weighted by Crippen LogP contribution is 2.18. The number of nitrogens with zero attached hydrogens (tertiary/aromatic N) is 1. The SMILES string of the molecule is Cc1cc(NC(=O)N[C@H](CO)C(C)(C)C)no1. The van der Waals surface area contributed by atoms with Crippen LogP contribution in [0.5, 0.6) is 0 Å². The van der Waals surface area contributed by atoms with Gasteiger partial charge < -0.3 is 14.9 Å². The summed E-state index contributed by atoms with van der Waals surface area (Å²) >= 11 is 0. The van der Waals surface area contributed by atoms with Crippen LogP contribution < -0.4 is 10.6 Å². The van der Waals surface area contributed by atoms with Crippen molar-refractivity contribution < 1.29 is 14.4 Å². The van der Waals surface area contributed by atoms with Crippen molar-refractivity contribution in [1.82, 2.24) is 10.5 Å². The summed E-state index contributed by atoms with van der Waals surface area (Å²) in [6, 6.07) is 0.882. The molecule has 6 nitrogen and oxygen atoms in total. The monoisotopic (exact) mass is 241 g/mol. The molecule has 2 amide bonds. The molecule has 1 aromatic heterocycles. The minimum Gasteiger partial charge on any atom is -0.394 e. The van der Waals surface area contributed by atoms with Gasteiger partial charge in [0.25, 0.3) is 0 Å². The summed E-state index contributed by atoms with van der Waals surface area (Å²) in [6.07, 6.45) is 0. The Morgan fingerprint density at radius 1 is 1.59 bits per heavy atom. The van der Waals surface area contributed by atoms with Crippen LogP contribution in [0.15, 0.2) is 10.6 Å². The quantitative estimate of drug-likeness (QED) is 0.748. The molecule has 0 aromatic carbocycles. The van der Waals surface area contributed by atoms with Crippen molar-refractivity contribution in [2.75, 3.05) is 11.9 Å². The van der Waals surface area contributed by atoms with Crippen LogP contribution in [0.3, 0.4) is 0 Å². The standard InChI is InChI=1S/C11H19N3O3/c1-7-5-9(14-17-7)13-10(16)12-8(6-15)11(2,3)4/h5,8,15H,6H2,1-4H3,(H2,12,13,14,16)/t8-/m1/s1. The molecule has 96 valence electrons. The van der Waals surface area contributed by atoms with E-state index < -0.39 is 6.03 Å². The third-order valence-electron chi connectivity index (χ3n) is 2.40. The minimum absolute atomic E-state index is 0.116. The molecule has 0 unspecified atom stereocenters. The number of aliphatic hydroxyl groups excluding tert-OH is 1. The maximum absolute atomic E-state index is 11.6. The lowest BCUT2D eigenvalue weighted by atomic mass is 9.87. The number of amides is 2. The third-order valence-corrected chi connectivity index (χ3v) is 2.40. The Kier molecular flexibility index (Phi) is 4.11. The molecule has 0 saturated heterocycles. The van der Waals surface area contributed by atoms with Crippen LogP contribution in [0, 0.1) is 12.3 Å². The van der Waals surface area contributed by atoms with Gasteiger partial charge in [0, 0.05) is 6.07 Å². The van der Waals surface area contributed by atoms with Gasteiger partial charge in [-0.05, 0) is 12.3 Å². The van der Waals surface area contributed by atoms with Gasteiger partial charge in [-0.25, -0.2) is 4.79 Å². The number of hydrogen-bond acceptors (Lipinski definition) is 4. The first-order valence-corrected chi connectivity index (χ1v) is 5.44. The number of carbonyl (C=O) groups excluding carboxylic acids is 1. The third kappa shape index (κ3) is 4.07. The first-order valence-electron chi connectivity index (χ1n) is 5.44. The van der Waals surface area contributed by atoms with Crippen molar-refractivity contribution in [2.45, 2.75) is 33.7 Å². The largest absolute Gasteiger partial charge is 0.394 e. The van der Waals surface area contributed by atoms with Crippen LogP contribution in [-0.4, -0.2) is 28.9 Å². The number of aryl methyl sites for hydroxylation is 1. The molecule has 0 aliphatic rings. The van der Waals surface area contributed by atoms with Gasteiger partial charge in [-0.2, -0.15) is 0 Å². The maximum atomic E-state index is 11.6. The number of anilines is 1. The molecule has 1 atom stereocenters. The van der Waals surface area contributed by atoms with Crippen LogP contribution in [0.2, 0.25) is 0 Å². The summed E-state index contributed by atoms with van der Waals surface area (Å²) in [7, 11) is 0. The van der Waals surface area contributed by atoms with Crippen molar-refractivity contribution in [2.24, 2.45) is 5.41 Å². The highest BCUT2D eigenvalue weighted by molar-refractivity contribution is 5.88. The molecule has 1 heterocycles. The Morgan fingerprint density at radius 2 is 2.24 bits per heavy atom. The second-order valence-electron chi connectivity index (χ2n) is 5.02. The molecule has 0 radical (unpaired) electrons. The minimum atomic E-state index is -0.410. The van der Waals surface area contributed by atoms with E-state index in [2.05, 4.69) is 15.8 Å². The van der Waals surface area contributed by atoms with E-state index in [9.17, 15) is 9.90 Å². The van der Waals surface area contributed by atoms with Crippen molar-refractivity contribution in [3.05, 3.63) is 11.8 Å². The predicted octanol–water partition coefficient (Wildman–Crippen LogP) is 1.51. The van der Waals surface area contributed by atoms with Gasteiger partial charge in [0.05, 0.1) is 12.6 Å². The normalized spacial score (nSPS) is 13.2. The molecule has 1 rings (SSSR count). The molecule has 0 saturated carbocycles. The van der Waals surface area contributed by atoms with Crippen molar-refractivity contribution in [1.29, 1.82) is 0 Å². The van der Waals surface area contributed by atoms with Gasteiger partial charge in [-0.1, -0.05) is 25.9 Å². The Balaban J connectivity index is 2.54. The number of rotatable bonds is 3. The Labute approximate surface area is 100 Å². The second kappa shape index (κ2) is 5.18. The van der Waals surface area contributed by atoms with Gasteiger partial charge in [0.2, 0.25) is 0 Å². The molecule has 0 bridgehead atoms. The van der Waals surface area contributed by atoms with E-state index >= 15 is 0 Å². The molecule has 0 aliphatic carbocycles. The molecule has 1 aromatic rings. The van der Waals surface area contributed by atoms with Crippen LogP contribution in [0.4, 0.5) is 10.6 Å². The number of carbonyl (C=O) groups is 1. The Morgan fingerprint density at radius 3 is 2.65 bits per heavy atom. The van der Waals surface area contributed by atoms with Gasteiger partial charge in [-0.15, -0.1) is 0 Å². The van der Waals surface area contributed by atoms with E-state index in [1.54, 1.807) is 13.0 Å².